The molecule has 0 fully saturated rings. The van der Waals surface area contributed by atoms with Crippen molar-refractivity contribution in [1.82, 2.24) is 0 Å². The Morgan fingerprint density at radius 2 is 2.15 bits per heavy atom. The molecular formula is C10H13ClO2. The molecule has 0 heterocycles. The van der Waals surface area contributed by atoms with E-state index in [0.717, 1.165) is 5.56 Å². The molecule has 1 aromatic carbocycles. The number of para-hydroxylation sites is 1. The van der Waals surface area contributed by atoms with Crippen molar-refractivity contribution in [1.29, 1.82) is 0 Å². The molecule has 2 nitrogen and oxygen atoms in total. The van der Waals surface area contributed by atoms with E-state index in [1.165, 1.54) is 0 Å². The number of hydrogen-bond acceptors (Lipinski definition) is 2. The molecule has 0 aliphatic carbocycles. The number of rotatable bonds is 4. The molecule has 72 valence electrons. The van der Waals surface area contributed by atoms with Gasteiger partial charge in [0.1, 0.15) is 5.75 Å². The topological polar surface area (TPSA) is 29.5 Å². The summed E-state index contributed by atoms with van der Waals surface area (Å²) in [5.41, 5.74) is 0.797. The van der Waals surface area contributed by atoms with Crippen molar-refractivity contribution in [3.05, 3.63) is 29.8 Å². The second-order valence-corrected chi connectivity index (χ2v) is 3.11. The van der Waals surface area contributed by atoms with Gasteiger partial charge in [-0.2, -0.15) is 0 Å². The van der Waals surface area contributed by atoms with Crippen LogP contribution in [0.15, 0.2) is 24.3 Å². The highest BCUT2D eigenvalue weighted by Gasteiger charge is 2.11. The minimum absolute atomic E-state index is 0.444. The number of aliphatic hydroxyl groups is 1. The molecule has 3 heteroatoms. The van der Waals surface area contributed by atoms with E-state index in [-0.39, 0.29) is 0 Å². The largest absolute Gasteiger partial charge is 0.496 e. The van der Waals surface area contributed by atoms with E-state index in [9.17, 15) is 5.11 Å². The number of ether oxygens (including phenoxy) is 1. The lowest BCUT2D eigenvalue weighted by Crippen LogP contribution is -2.00. The molecule has 0 radical (unpaired) electrons. The molecule has 0 unspecified atom stereocenters. The first-order valence-electron chi connectivity index (χ1n) is 4.16. The lowest BCUT2D eigenvalue weighted by Gasteiger charge is -2.12. The lowest BCUT2D eigenvalue weighted by molar-refractivity contribution is 0.170. The van der Waals surface area contributed by atoms with Gasteiger partial charge in [-0.25, -0.2) is 0 Å². The van der Waals surface area contributed by atoms with Crippen molar-refractivity contribution in [2.75, 3.05) is 13.0 Å². The fourth-order valence-electron chi connectivity index (χ4n) is 1.20. The number of methoxy groups -OCH3 is 1. The molecule has 1 aromatic rings. The third-order valence-electron chi connectivity index (χ3n) is 1.88. The molecule has 0 amide bonds. The standard InChI is InChI=1S/C10H13ClO2/c1-13-10-5-3-2-4-8(10)9(12)6-7-11/h2-5,9,12H,6-7H2,1H3/t9-/m0/s1. The SMILES string of the molecule is COc1ccccc1[C@@H](O)CCCl. The Balaban J connectivity index is 2.85. The van der Waals surface area contributed by atoms with E-state index < -0.39 is 6.10 Å². The smallest absolute Gasteiger partial charge is 0.124 e. The zero-order chi connectivity index (χ0) is 9.68. The van der Waals surface area contributed by atoms with Crippen LogP contribution in [0.1, 0.15) is 18.1 Å². The zero-order valence-corrected chi connectivity index (χ0v) is 8.29. The summed E-state index contributed by atoms with van der Waals surface area (Å²) >= 11 is 5.54. The molecule has 0 aliphatic heterocycles. The van der Waals surface area contributed by atoms with Crippen molar-refractivity contribution in [2.45, 2.75) is 12.5 Å². The number of hydrogen-bond donors (Lipinski definition) is 1. The van der Waals surface area contributed by atoms with Gasteiger partial charge >= 0.3 is 0 Å². The summed E-state index contributed by atoms with van der Waals surface area (Å²) in [4.78, 5) is 0. The zero-order valence-electron chi connectivity index (χ0n) is 7.53. The lowest BCUT2D eigenvalue weighted by atomic mass is 10.1. The average Bonchev–Trinajstić information content (AvgIpc) is 2.18. The number of halogens is 1. The fraction of sp³-hybridized carbons (Fsp3) is 0.400. The van der Waals surface area contributed by atoms with Gasteiger partial charge in [-0.3, -0.25) is 0 Å². The Morgan fingerprint density at radius 3 is 2.77 bits per heavy atom. The highest BCUT2D eigenvalue weighted by atomic mass is 35.5. The van der Waals surface area contributed by atoms with E-state index in [1.807, 2.05) is 24.3 Å². The van der Waals surface area contributed by atoms with Crippen molar-refractivity contribution >= 4 is 11.6 Å². The number of benzene rings is 1. The molecule has 13 heavy (non-hydrogen) atoms. The molecule has 0 spiro atoms. The Morgan fingerprint density at radius 1 is 1.46 bits per heavy atom. The van der Waals surface area contributed by atoms with Gasteiger partial charge in [0.25, 0.3) is 0 Å². The summed E-state index contributed by atoms with van der Waals surface area (Å²) in [6.45, 7) is 0. The molecule has 0 aromatic heterocycles. The van der Waals surface area contributed by atoms with Crippen molar-refractivity contribution in [3.8, 4) is 5.75 Å². The third kappa shape index (κ3) is 2.61. The maximum Gasteiger partial charge on any atom is 0.124 e. The minimum Gasteiger partial charge on any atom is -0.496 e. The number of aliphatic hydroxyl groups excluding tert-OH is 1. The van der Waals surface area contributed by atoms with Crippen LogP contribution in [0.25, 0.3) is 0 Å². The normalized spacial score (nSPS) is 12.5. The van der Waals surface area contributed by atoms with Gasteiger partial charge < -0.3 is 9.84 Å². The predicted molar refractivity (Wildman–Crippen MR) is 53.3 cm³/mol. The highest BCUT2D eigenvalue weighted by Crippen LogP contribution is 2.26. The maximum atomic E-state index is 9.67. The second kappa shape index (κ2) is 5.10. The first-order chi connectivity index (χ1) is 6.29. The van der Waals surface area contributed by atoms with E-state index in [4.69, 9.17) is 16.3 Å². The van der Waals surface area contributed by atoms with Gasteiger partial charge in [0.05, 0.1) is 13.2 Å². The first kappa shape index (κ1) is 10.4. The Kier molecular flexibility index (Phi) is 4.06. The van der Waals surface area contributed by atoms with Crippen LogP contribution >= 0.6 is 11.6 Å². The van der Waals surface area contributed by atoms with Gasteiger partial charge in [0.2, 0.25) is 0 Å². The summed E-state index contributed by atoms with van der Waals surface area (Å²) in [7, 11) is 1.59. The Labute approximate surface area is 83.1 Å². The van der Waals surface area contributed by atoms with Gasteiger partial charge in [-0.15, -0.1) is 11.6 Å². The van der Waals surface area contributed by atoms with Gasteiger partial charge in [-0.1, -0.05) is 18.2 Å². The highest BCUT2D eigenvalue weighted by molar-refractivity contribution is 6.17. The molecule has 1 rings (SSSR count). The Bertz CT molecular complexity index is 263. The van der Waals surface area contributed by atoms with E-state index in [0.29, 0.717) is 18.1 Å². The third-order valence-corrected chi connectivity index (χ3v) is 2.10. The van der Waals surface area contributed by atoms with Crippen LogP contribution in [0.3, 0.4) is 0 Å². The Hall–Kier alpha value is -0.730. The molecule has 1 atom stereocenters. The summed E-state index contributed by atoms with van der Waals surface area (Å²) in [5, 5.41) is 9.67. The average molecular weight is 201 g/mol. The monoisotopic (exact) mass is 200 g/mol. The summed E-state index contributed by atoms with van der Waals surface area (Å²) in [6, 6.07) is 7.41. The van der Waals surface area contributed by atoms with Crippen LogP contribution in [0, 0.1) is 0 Å². The fourth-order valence-corrected chi connectivity index (χ4v) is 1.41. The van der Waals surface area contributed by atoms with Crippen LogP contribution in [-0.2, 0) is 0 Å². The quantitative estimate of drug-likeness (QED) is 0.757. The van der Waals surface area contributed by atoms with Gasteiger partial charge in [0.15, 0.2) is 0 Å². The molecule has 0 aliphatic rings. The van der Waals surface area contributed by atoms with Crippen LogP contribution in [0.4, 0.5) is 0 Å². The molecular weight excluding hydrogens is 188 g/mol. The number of alkyl halides is 1. The van der Waals surface area contributed by atoms with E-state index in [1.54, 1.807) is 7.11 Å². The molecule has 1 N–H and O–H groups in total. The second-order valence-electron chi connectivity index (χ2n) is 2.74. The maximum absolute atomic E-state index is 9.67. The molecule has 0 saturated carbocycles. The molecule has 0 bridgehead atoms. The minimum atomic E-state index is -0.534. The van der Waals surface area contributed by atoms with Crippen molar-refractivity contribution in [3.63, 3.8) is 0 Å². The van der Waals surface area contributed by atoms with E-state index in [2.05, 4.69) is 0 Å². The predicted octanol–water partition coefficient (Wildman–Crippen LogP) is 2.36. The van der Waals surface area contributed by atoms with Crippen molar-refractivity contribution < 1.29 is 9.84 Å². The van der Waals surface area contributed by atoms with Crippen LogP contribution in [0.2, 0.25) is 0 Å². The summed E-state index contributed by atoms with van der Waals surface area (Å²) in [6.07, 6.45) is 0.00992. The van der Waals surface area contributed by atoms with E-state index >= 15 is 0 Å². The van der Waals surface area contributed by atoms with Crippen LogP contribution in [0.5, 0.6) is 5.75 Å². The van der Waals surface area contributed by atoms with Crippen LogP contribution < -0.4 is 4.74 Å². The summed E-state index contributed by atoms with van der Waals surface area (Å²) in [5.74, 6) is 1.15. The van der Waals surface area contributed by atoms with Crippen LogP contribution in [-0.4, -0.2) is 18.1 Å². The molecule has 0 saturated heterocycles. The van der Waals surface area contributed by atoms with Gasteiger partial charge in [-0.05, 0) is 12.5 Å². The van der Waals surface area contributed by atoms with Gasteiger partial charge in [0, 0.05) is 11.4 Å². The van der Waals surface area contributed by atoms with Crippen molar-refractivity contribution in [2.24, 2.45) is 0 Å². The summed E-state index contributed by atoms with van der Waals surface area (Å²) < 4.78 is 5.11. The first-order valence-corrected chi connectivity index (χ1v) is 4.70.